The van der Waals surface area contributed by atoms with Crippen molar-refractivity contribution in [3.63, 3.8) is 0 Å². The normalized spacial score (nSPS) is 15.3. The van der Waals surface area contributed by atoms with E-state index in [0.29, 0.717) is 11.8 Å². The molecule has 0 saturated carbocycles. The van der Waals surface area contributed by atoms with Crippen molar-refractivity contribution in [1.82, 2.24) is 0 Å². The highest BCUT2D eigenvalue weighted by molar-refractivity contribution is 5.26. The van der Waals surface area contributed by atoms with Crippen molar-refractivity contribution in [3.05, 3.63) is 35.4 Å². The third-order valence-corrected chi connectivity index (χ3v) is 3.35. The Balaban J connectivity index is 2.66. The van der Waals surface area contributed by atoms with Gasteiger partial charge in [-0.25, -0.2) is 0 Å². The molecule has 1 nitrogen and oxygen atoms in total. The van der Waals surface area contributed by atoms with Gasteiger partial charge in [0, 0.05) is 0 Å². The highest BCUT2D eigenvalue weighted by Gasteiger charge is 2.18. The van der Waals surface area contributed by atoms with E-state index in [1.807, 2.05) is 12.1 Å². The van der Waals surface area contributed by atoms with Crippen molar-refractivity contribution in [2.45, 2.75) is 40.2 Å². The minimum absolute atomic E-state index is 0.230. The second-order valence-electron chi connectivity index (χ2n) is 4.80. The van der Waals surface area contributed by atoms with E-state index in [4.69, 9.17) is 0 Å². The molecule has 2 unspecified atom stereocenters. The van der Waals surface area contributed by atoms with E-state index in [0.717, 1.165) is 6.42 Å². The Labute approximate surface area is 93.1 Å². The first-order valence-corrected chi connectivity index (χ1v) is 5.75. The van der Waals surface area contributed by atoms with Gasteiger partial charge in [0.2, 0.25) is 0 Å². The molecule has 1 aromatic carbocycles. The topological polar surface area (TPSA) is 20.2 Å². The van der Waals surface area contributed by atoms with Crippen LogP contribution in [0.1, 0.15) is 31.9 Å². The van der Waals surface area contributed by atoms with E-state index in [2.05, 4.69) is 39.8 Å². The minimum Gasteiger partial charge on any atom is -0.392 e. The SMILES string of the molecule is Cc1ccccc1CC(O)C(C)C(C)C. The Kier molecular flexibility index (Phi) is 4.34. The number of aliphatic hydroxyl groups is 1. The predicted molar refractivity (Wildman–Crippen MR) is 64.9 cm³/mol. The summed E-state index contributed by atoms with van der Waals surface area (Å²) in [6.07, 6.45) is 0.539. The van der Waals surface area contributed by atoms with E-state index in [-0.39, 0.29) is 6.10 Å². The van der Waals surface area contributed by atoms with Gasteiger partial charge in [-0.15, -0.1) is 0 Å². The molecular weight excluding hydrogens is 184 g/mol. The molecule has 1 heteroatoms. The molecule has 84 valence electrons. The largest absolute Gasteiger partial charge is 0.392 e. The Morgan fingerprint density at radius 1 is 1.13 bits per heavy atom. The molecule has 0 aliphatic carbocycles. The Hall–Kier alpha value is -0.820. The monoisotopic (exact) mass is 206 g/mol. The molecular formula is C14H22O. The molecule has 1 N–H and O–H groups in total. The smallest absolute Gasteiger partial charge is 0.0608 e. The van der Waals surface area contributed by atoms with E-state index in [1.54, 1.807) is 0 Å². The van der Waals surface area contributed by atoms with Gasteiger partial charge in [0.1, 0.15) is 0 Å². The summed E-state index contributed by atoms with van der Waals surface area (Å²) in [5, 5.41) is 10.1. The standard InChI is InChI=1S/C14H22O/c1-10(2)12(4)14(15)9-13-8-6-5-7-11(13)3/h5-8,10,12,14-15H,9H2,1-4H3. The molecule has 0 amide bonds. The first-order chi connectivity index (χ1) is 7.02. The maximum atomic E-state index is 10.1. The van der Waals surface area contributed by atoms with Crippen molar-refractivity contribution in [3.8, 4) is 0 Å². The lowest BCUT2D eigenvalue weighted by molar-refractivity contribution is 0.0920. The van der Waals surface area contributed by atoms with Crippen LogP contribution in [0.25, 0.3) is 0 Å². The lowest BCUT2D eigenvalue weighted by Gasteiger charge is -2.22. The summed E-state index contributed by atoms with van der Waals surface area (Å²) in [5.41, 5.74) is 2.53. The number of hydrogen-bond acceptors (Lipinski definition) is 1. The second-order valence-corrected chi connectivity index (χ2v) is 4.80. The van der Waals surface area contributed by atoms with Crippen LogP contribution >= 0.6 is 0 Å². The van der Waals surface area contributed by atoms with Crippen LogP contribution in [-0.4, -0.2) is 11.2 Å². The average Bonchev–Trinajstić information content (AvgIpc) is 2.20. The van der Waals surface area contributed by atoms with Crippen molar-refractivity contribution in [2.24, 2.45) is 11.8 Å². The fourth-order valence-electron chi connectivity index (χ4n) is 1.69. The Bertz CT molecular complexity index is 304. The maximum absolute atomic E-state index is 10.1. The highest BCUT2D eigenvalue weighted by atomic mass is 16.3. The summed E-state index contributed by atoms with van der Waals surface area (Å²) in [6, 6.07) is 8.28. The lowest BCUT2D eigenvalue weighted by Crippen LogP contribution is -2.24. The van der Waals surface area contributed by atoms with E-state index >= 15 is 0 Å². The summed E-state index contributed by atoms with van der Waals surface area (Å²) in [4.78, 5) is 0. The number of hydrogen-bond donors (Lipinski definition) is 1. The van der Waals surface area contributed by atoms with E-state index in [9.17, 15) is 5.11 Å². The molecule has 0 bridgehead atoms. The average molecular weight is 206 g/mol. The van der Waals surface area contributed by atoms with Crippen LogP contribution in [-0.2, 0) is 6.42 Å². The van der Waals surface area contributed by atoms with Crippen LogP contribution in [0, 0.1) is 18.8 Å². The quantitative estimate of drug-likeness (QED) is 0.802. The van der Waals surface area contributed by atoms with E-state index in [1.165, 1.54) is 11.1 Å². The highest BCUT2D eigenvalue weighted by Crippen LogP contribution is 2.19. The molecule has 0 aromatic heterocycles. The number of aliphatic hydroxyl groups excluding tert-OH is 1. The number of aryl methyl sites for hydroxylation is 1. The molecule has 0 spiro atoms. The Morgan fingerprint density at radius 3 is 2.27 bits per heavy atom. The molecule has 1 aromatic rings. The van der Waals surface area contributed by atoms with Gasteiger partial charge in [-0.3, -0.25) is 0 Å². The summed E-state index contributed by atoms with van der Waals surface area (Å²) >= 11 is 0. The molecule has 0 radical (unpaired) electrons. The van der Waals surface area contributed by atoms with Crippen LogP contribution in [0.4, 0.5) is 0 Å². The molecule has 0 heterocycles. The number of benzene rings is 1. The van der Waals surface area contributed by atoms with Crippen LogP contribution in [0.2, 0.25) is 0 Å². The zero-order chi connectivity index (χ0) is 11.4. The molecule has 2 atom stereocenters. The van der Waals surface area contributed by atoms with Gasteiger partial charge in [-0.05, 0) is 36.3 Å². The summed E-state index contributed by atoms with van der Waals surface area (Å²) in [6.45, 7) is 8.53. The van der Waals surface area contributed by atoms with Crippen LogP contribution < -0.4 is 0 Å². The predicted octanol–water partition coefficient (Wildman–Crippen LogP) is 3.19. The first kappa shape index (κ1) is 12.3. The van der Waals surface area contributed by atoms with Gasteiger partial charge in [-0.1, -0.05) is 45.0 Å². The molecule has 15 heavy (non-hydrogen) atoms. The third kappa shape index (κ3) is 3.35. The Morgan fingerprint density at radius 2 is 1.73 bits per heavy atom. The summed E-state index contributed by atoms with van der Waals surface area (Å²) in [7, 11) is 0. The van der Waals surface area contributed by atoms with Crippen molar-refractivity contribution in [2.75, 3.05) is 0 Å². The van der Waals surface area contributed by atoms with Crippen LogP contribution in [0.5, 0.6) is 0 Å². The van der Waals surface area contributed by atoms with Gasteiger partial charge >= 0.3 is 0 Å². The van der Waals surface area contributed by atoms with Crippen LogP contribution in [0.15, 0.2) is 24.3 Å². The molecule has 0 aliphatic rings. The first-order valence-electron chi connectivity index (χ1n) is 5.75. The van der Waals surface area contributed by atoms with Crippen molar-refractivity contribution in [1.29, 1.82) is 0 Å². The maximum Gasteiger partial charge on any atom is 0.0608 e. The fraction of sp³-hybridized carbons (Fsp3) is 0.571. The summed E-state index contributed by atoms with van der Waals surface area (Å²) < 4.78 is 0. The minimum atomic E-state index is -0.230. The second kappa shape index (κ2) is 5.32. The molecule has 0 fully saturated rings. The lowest BCUT2D eigenvalue weighted by atomic mass is 9.88. The number of rotatable bonds is 4. The molecule has 1 rings (SSSR count). The molecule has 0 aliphatic heterocycles. The van der Waals surface area contributed by atoms with Gasteiger partial charge < -0.3 is 5.11 Å². The van der Waals surface area contributed by atoms with Gasteiger partial charge in [0.15, 0.2) is 0 Å². The molecule has 0 saturated heterocycles. The zero-order valence-corrected chi connectivity index (χ0v) is 10.2. The van der Waals surface area contributed by atoms with E-state index < -0.39 is 0 Å². The van der Waals surface area contributed by atoms with Gasteiger partial charge in [0.25, 0.3) is 0 Å². The van der Waals surface area contributed by atoms with Gasteiger partial charge in [0.05, 0.1) is 6.10 Å². The fourth-order valence-corrected chi connectivity index (χ4v) is 1.69. The third-order valence-electron chi connectivity index (χ3n) is 3.35. The van der Waals surface area contributed by atoms with Crippen LogP contribution in [0.3, 0.4) is 0 Å². The van der Waals surface area contributed by atoms with Crippen molar-refractivity contribution >= 4 is 0 Å². The zero-order valence-electron chi connectivity index (χ0n) is 10.2. The summed E-state index contributed by atoms with van der Waals surface area (Å²) in [5.74, 6) is 0.883. The van der Waals surface area contributed by atoms with Crippen molar-refractivity contribution < 1.29 is 5.11 Å². The van der Waals surface area contributed by atoms with Gasteiger partial charge in [-0.2, -0.15) is 0 Å².